The highest BCUT2D eigenvalue weighted by atomic mass is 35.5. The van der Waals surface area contributed by atoms with E-state index in [1.54, 1.807) is 17.7 Å². The van der Waals surface area contributed by atoms with E-state index in [2.05, 4.69) is 25.9 Å². The van der Waals surface area contributed by atoms with Gasteiger partial charge < -0.3 is 19.9 Å². The molecule has 2 heterocycles. The van der Waals surface area contributed by atoms with Crippen molar-refractivity contribution in [2.45, 2.75) is 27.3 Å². The fraction of sp³-hybridized carbons (Fsp3) is 0.350. The maximum atomic E-state index is 12.1. The molecule has 11 heteroatoms. The summed E-state index contributed by atoms with van der Waals surface area (Å²) in [4.78, 5) is 28.1. The maximum absolute atomic E-state index is 12.1. The van der Waals surface area contributed by atoms with Crippen molar-refractivity contribution in [2.24, 2.45) is 0 Å². The summed E-state index contributed by atoms with van der Waals surface area (Å²) in [5.41, 5.74) is 2.42. The molecule has 10 nitrogen and oxygen atoms in total. The van der Waals surface area contributed by atoms with Crippen molar-refractivity contribution in [2.75, 3.05) is 19.7 Å². The number of halogens is 1. The van der Waals surface area contributed by atoms with Crippen LogP contribution in [-0.2, 0) is 11.3 Å². The Bertz CT molecular complexity index is 1080. The first-order valence-corrected chi connectivity index (χ1v) is 9.98. The van der Waals surface area contributed by atoms with Crippen LogP contribution in [0, 0.1) is 20.8 Å². The summed E-state index contributed by atoms with van der Waals surface area (Å²) in [6.45, 7) is 6.07. The third-order valence-electron chi connectivity index (χ3n) is 4.43. The Morgan fingerprint density at radius 3 is 2.61 bits per heavy atom. The first-order valence-electron chi connectivity index (χ1n) is 9.60. The van der Waals surface area contributed by atoms with Gasteiger partial charge in [-0.1, -0.05) is 35.0 Å². The van der Waals surface area contributed by atoms with E-state index >= 15 is 0 Å². The normalized spacial score (nSPS) is 10.7. The van der Waals surface area contributed by atoms with Gasteiger partial charge in [-0.05, 0) is 32.4 Å². The Hall–Kier alpha value is -3.40. The van der Waals surface area contributed by atoms with E-state index in [4.69, 9.17) is 20.9 Å². The molecular weight excluding hydrogens is 424 g/mol. The molecular formula is C20H23ClN6O4. The molecule has 0 aliphatic heterocycles. The van der Waals surface area contributed by atoms with Crippen LogP contribution in [0.5, 0.6) is 5.75 Å². The third kappa shape index (κ3) is 5.82. The van der Waals surface area contributed by atoms with Gasteiger partial charge in [0.2, 0.25) is 0 Å². The van der Waals surface area contributed by atoms with Crippen molar-refractivity contribution in [1.82, 2.24) is 30.6 Å². The summed E-state index contributed by atoms with van der Waals surface area (Å²) < 4.78 is 12.1. The second-order valence-electron chi connectivity index (χ2n) is 6.82. The minimum absolute atomic E-state index is 0.109. The topological polar surface area (TPSA) is 124 Å². The van der Waals surface area contributed by atoms with Crippen LogP contribution in [0.15, 0.2) is 28.8 Å². The molecule has 3 aromatic rings. The number of rotatable bonds is 9. The van der Waals surface area contributed by atoms with Gasteiger partial charge in [0, 0.05) is 13.1 Å². The molecule has 31 heavy (non-hydrogen) atoms. The van der Waals surface area contributed by atoms with Gasteiger partial charge >= 0.3 is 11.8 Å². The van der Waals surface area contributed by atoms with Crippen LogP contribution in [0.25, 0.3) is 0 Å². The molecule has 3 rings (SSSR count). The fourth-order valence-corrected chi connectivity index (χ4v) is 2.88. The number of nitrogens with zero attached hydrogens (tertiary/aromatic N) is 4. The van der Waals surface area contributed by atoms with Gasteiger partial charge in [-0.15, -0.1) is 0 Å². The first kappa shape index (κ1) is 22.3. The van der Waals surface area contributed by atoms with Crippen LogP contribution in [0.2, 0.25) is 5.02 Å². The molecule has 2 N–H and O–H groups in total. The lowest BCUT2D eigenvalue weighted by molar-refractivity contribution is -0.123. The Balaban J connectivity index is 1.39. The number of carbonyl (C=O) groups is 2. The smallest absolute Gasteiger partial charge is 0.316 e. The number of hydrogen-bond donors (Lipinski definition) is 2. The van der Waals surface area contributed by atoms with Crippen LogP contribution in [0.3, 0.4) is 0 Å². The highest BCUT2D eigenvalue weighted by Gasteiger charge is 2.17. The predicted molar refractivity (Wildman–Crippen MR) is 112 cm³/mol. The van der Waals surface area contributed by atoms with Gasteiger partial charge in [-0.3, -0.25) is 14.3 Å². The minimum atomic E-state index is -0.532. The van der Waals surface area contributed by atoms with Crippen molar-refractivity contribution in [1.29, 1.82) is 0 Å². The van der Waals surface area contributed by atoms with Gasteiger partial charge in [0.15, 0.2) is 12.4 Å². The lowest BCUT2D eigenvalue weighted by Crippen LogP contribution is -2.36. The SMILES string of the molecule is Cc1ccccc1OCC(=O)NCCNC(=O)c1nc(Cn2nc(C)c(Cl)c2C)no1. The molecule has 0 radical (unpaired) electrons. The Morgan fingerprint density at radius 2 is 1.90 bits per heavy atom. The van der Waals surface area contributed by atoms with Crippen molar-refractivity contribution < 1.29 is 18.8 Å². The maximum Gasteiger partial charge on any atom is 0.316 e. The largest absolute Gasteiger partial charge is 0.484 e. The van der Waals surface area contributed by atoms with E-state index in [9.17, 15) is 9.59 Å². The van der Waals surface area contributed by atoms with Crippen molar-refractivity contribution in [3.05, 3.63) is 58.0 Å². The van der Waals surface area contributed by atoms with E-state index in [-0.39, 0.29) is 38.0 Å². The molecule has 0 atom stereocenters. The number of para-hydroxylation sites is 1. The quantitative estimate of drug-likeness (QED) is 0.480. The van der Waals surface area contributed by atoms with E-state index in [0.29, 0.717) is 22.3 Å². The molecule has 0 aliphatic carbocycles. The Kier molecular flexibility index (Phi) is 7.24. The van der Waals surface area contributed by atoms with Crippen LogP contribution < -0.4 is 15.4 Å². The zero-order valence-electron chi connectivity index (χ0n) is 17.4. The van der Waals surface area contributed by atoms with Crippen LogP contribution >= 0.6 is 11.6 Å². The highest BCUT2D eigenvalue weighted by Crippen LogP contribution is 2.19. The van der Waals surface area contributed by atoms with E-state index < -0.39 is 5.91 Å². The summed E-state index contributed by atoms with van der Waals surface area (Å²) in [6, 6.07) is 7.43. The zero-order valence-corrected chi connectivity index (χ0v) is 18.2. The number of aromatic nitrogens is 4. The molecule has 2 amide bonds. The molecule has 164 valence electrons. The van der Waals surface area contributed by atoms with Crippen LogP contribution in [0.4, 0.5) is 0 Å². The minimum Gasteiger partial charge on any atom is -0.484 e. The molecule has 0 aliphatic rings. The average molecular weight is 447 g/mol. The summed E-state index contributed by atoms with van der Waals surface area (Å²) in [7, 11) is 0. The summed E-state index contributed by atoms with van der Waals surface area (Å²) in [5, 5.41) is 13.9. The van der Waals surface area contributed by atoms with Gasteiger partial charge in [-0.2, -0.15) is 10.1 Å². The Labute approximate surface area is 183 Å². The lowest BCUT2D eigenvalue weighted by Gasteiger charge is -2.09. The second kappa shape index (κ2) is 10.1. The first-order chi connectivity index (χ1) is 14.8. The molecule has 0 saturated heterocycles. The fourth-order valence-electron chi connectivity index (χ4n) is 2.74. The predicted octanol–water partition coefficient (Wildman–Crippen LogP) is 1.82. The molecule has 0 unspecified atom stereocenters. The number of ether oxygens (including phenoxy) is 1. The van der Waals surface area contributed by atoms with Gasteiger partial charge in [0.05, 0.1) is 16.4 Å². The van der Waals surface area contributed by atoms with Crippen molar-refractivity contribution >= 4 is 23.4 Å². The van der Waals surface area contributed by atoms with Crippen molar-refractivity contribution in [3.63, 3.8) is 0 Å². The second-order valence-corrected chi connectivity index (χ2v) is 7.20. The number of carbonyl (C=O) groups excluding carboxylic acids is 2. The third-order valence-corrected chi connectivity index (χ3v) is 4.98. The summed E-state index contributed by atoms with van der Waals surface area (Å²) in [6.07, 6.45) is 0. The van der Waals surface area contributed by atoms with Gasteiger partial charge in [0.1, 0.15) is 12.3 Å². The monoisotopic (exact) mass is 446 g/mol. The molecule has 2 aromatic heterocycles. The average Bonchev–Trinajstić information content (AvgIpc) is 3.31. The Morgan fingerprint density at radius 1 is 1.16 bits per heavy atom. The van der Waals surface area contributed by atoms with Gasteiger partial charge in [-0.25, -0.2) is 0 Å². The van der Waals surface area contributed by atoms with Crippen molar-refractivity contribution in [3.8, 4) is 5.75 Å². The highest BCUT2D eigenvalue weighted by molar-refractivity contribution is 6.31. The van der Waals surface area contributed by atoms with E-state index in [1.807, 2.05) is 32.0 Å². The number of aryl methyl sites for hydroxylation is 2. The van der Waals surface area contributed by atoms with Crippen LogP contribution in [0.1, 0.15) is 33.5 Å². The number of benzene rings is 1. The van der Waals surface area contributed by atoms with E-state index in [0.717, 1.165) is 11.3 Å². The number of hydrogen-bond acceptors (Lipinski definition) is 7. The summed E-state index contributed by atoms with van der Waals surface area (Å²) in [5.74, 6) is -0.0384. The lowest BCUT2D eigenvalue weighted by atomic mass is 10.2. The standard InChI is InChI=1S/C20H23ClN6O4/c1-12-6-4-5-7-15(12)30-11-17(28)22-8-9-23-19(29)20-24-16(26-31-20)10-27-14(3)18(21)13(2)25-27/h4-7H,8-11H2,1-3H3,(H,22,28)(H,23,29). The molecule has 1 aromatic carbocycles. The van der Waals surface area contributed by atoms with E-state index in [1.165, 1.54) is 0 Å². The molecule has 0 fully saturated rings. The number of amides is 2. The van der Waals surface area contributed by atoms with Gasteiger partial charge in [0.25, 0.3) is 5.91 Å². The molecule has 0 spiro atoms. The molecule has 0 bridgehead atoms. The summed E-state index contributed by atoms with van der Waals surface area (Å²) >= 11 is 6.12. The van der Waals surface area contributed by atoms with Crippen LogP contribution in [-0.4, -0.2) is 51.4 Å². The zero-order chi connectivity index (χ0) is 22.4. The molecule has 0 saturated carbocycles. The number of nitrogens with one attached hydrogen (secondary N) is 2.